The predicted molar refractivity (Wildman–Crippen MR) is 101 cm³/mol. The van der Waals surface area contributed by atoms with Crippen molar-refractivity contribution in [3.8, 4) is 0 Å². The molecule has 2 heteroatoms. The number of nitrogens with zero attached hydrogens (tertiary/aromatic N) is 1. The van der Waals surface area contributed by atoms with E-state index in [0.717, 1.165) is 17.7 Å². The average Bonchev–Trinajstić information content (AvgIpc) is 3.44. The van der Waals surface area contributed by atoms with Crippen molar-refractivity contribution in [2.24, 2.45) is 0 Å². The van der Waals surface area contributed by atoms with Gasteiger partial charge in [0.2, 0.25) is 0 Å². The van der Waals surface area contributed by atoms with Crippen LogP contribution in [0.4, 0.5) is 0 Å². The third-order valence-electron chi connectivity index (χ3n) is 5.29. The maximum Gasteiger partial charge on any atom is 0.132 e. The van der Waals surface area contributed by atoms with Crippen LogP contribution >= 0.6 is 0 Å². The Morgan fingerprint density at radius 3 is 1.64 bits per heavy atom. The number of likely N-dealkylation sites (N-methyl/N-ethyl adjacent to an activating group) is 1. The smallest absolute Gasteiger partial charge is 0.132 e. The van der Waals surface area contributed by atoms with Crippen molar-refractivity contribution in [2.45, 2.75) is 24.6 Å². The van der Waals surface area contributed by atoms with E-state index in [1.165, 1.54) is 5.56 Å². The lowest BCUT2D eigenvalue weighted by molar-refractivity contribution is 0.0642. The fourth-order valence-corrected chi connectivity index (χ4v) is 4.05. The summed E-state index contributed by atoms with van der Waals surface area (Å²) < 4.78 is 0. The molecule has 1 aliphatic heterocycles. The Morgan fingerprint density at radius 2 is 1.20 bits per heavy atom. The lowest BCUT2D eigenvalue weighted by Crippen LogP contribution is -2.36. The third-order valence-corrected chi connectivity index (χ3v) is 5.29. The molecule has 0 saturated carbocycles. The van der Waals surface area contributed by atoms with Crippen LogP contribution in [-0.4, -0.2) is 22.6 Å². The summed E-state index contributed by atoms with van der Waals surface area (Å²) in [5.41, 5.74) is 2.13. The summed E-state index contributed by atoms with van der Waals surface area (Å²) in [6, 6.07) is 30.9. The average molecular weight is 329 g/mol. The van der Waals surface area contributed by atoms with Crippen LogP contribution in [0.15, 0.2) is 91.0 Å². The maximum absolute atomic E-state index is 12.0. The maximum atomic E-state index is 12.0. The third kappa shape index (κ3) is 2.68. The van der Waals surface area contributed by atoms with E-state index in [1.54, 1.807) is 0 Å². The number of rotatable bonds is 5. The largest absolute Gasteiger partial charge is 0.379 e. The first kappa shape index (κ1) is 16.1. The number of aliphatic hydroxyl groups is 1. The molecule has 0 aromatic heterocycles. The van der Waals surface area contributed by atoms with Crippen molar-refractivity contribution in [2.75, 3.05) is 6.54 Å². The Kier molecular flexibility index (Phi) is 4.16. The quantitative estimate of drug-likeness (QED) is 0.703. The molecule has 2 nitrogen and oxygen atoms in total. The second-order valence-electron chi connectivity index (χ2n) is 6.63. The van der Waals surface area contributed by atoms with Gasteiger partial charge in [0.25, 0.3) is 0 Å². The molecule has 25 heavy (non-hydrogen) atoms. The summed E-state index contributed by atoms with van der Waals surface area (Å²) >= 11 is 0. The summed E-state index contributed by atoms with van der Waals surface area (Å²) in [4.78, 5) is 2.37. The van der Waals surface area contributed by atoms with E-state index in [4.69, 9.17) is 0 Å². The van der Waals surface area contributed by atoms with E-state index in [0.29, 0.717) is 0 Å². The highest BCUT2D eigenvalue weighted by Gasteiger charge is 2.60. The van der Waals surface area contributed by atoms with Crippen molar-refractivity contribution in [1.29, 1.82) is 0 Å². The molecule has 0 amide bonds. The van der Waals surface area contributed by atoms with Crippen molar-refractivity contribution in [1.82, 2.24) is 4.90 Å². The highest BCUT2D eigenvalue weighted by Crippen LogP contribution is 2.54. The van der Waals surface area contributed by atoms with Crippen molar-refractivity contribution < 1.29 is 5.11 Å². The molecule has 1 aliphatic rings. The lowest BCUT2D eigenvalue weighted by atomic mass is 9.81. The summed E-state index contributed by atoms with van der Waals surface area (Å²) in [7, 11) is 0. The van der Waals surface area contributed by atoms with E-state index in [-0.39, 0.29) is 12.1 Å². The van der Waals surface area contributed by atoms with E-state index in [9.17, 15) is 5.11 Å². The van der Waals surface area contributed by atoms with Crippen LogP contribution in [-0.2, 0) is 5.60 Å². The number of hydrogen-bond acceptors (Lipinski definition) is 2. The number of benzene rings is 3. The van der Waals surface area contributed by atoms with Gasteiger partial charge in [-0.25, -0.2) is 0 Å². The zero-order chi connectivity index (χ0) is 17.3. The molecule has 1 N–H and O–H groups in total. The fraction of sp³-hybridized carbons (Fsp3) is 0.217. The van der Waals surface area contributed by atoms with Gasteiger partial charge in [0.15, 0.2) is 0 Å². The first-order valence-electron chi connectivity index (χ1n) is 8.91. The molecule has 3 aromatic carbocycles. The summed E-state index contributed by atoms with van der Waals surface area (Å²) in [6.07, 6.45) is 0. The van der Waals surface area contributed by atoms with E-state index >= 15 is 0 Å². The van der Waals surface area contributed by atoms with Gasteiger partial charge in [-0.1, -0.05) is 97.9 Å². The molecule has 3 aromatic rings. The standard InChI is InChI=1S/C23H23NO/c1-2-24-21(18-12-6-3-7-13-18)22(24)23(25,19-14-8-4-9-15-19)20-16-10-5-11-17-20/h3-17,21-22,25H,2H2,1H3/t21-,22-,24?/m0/s1. The Hall–Kier alpha value is -2.42. The van der Waals surface area contributed by atoms with Gasteiger partial charge in [0, 0.05) is 0 Å². The van der Waals surface area contributed by atoms with Gasteiger partial charge >= 0.3 is 0 Å². The molecular formula is C23H23NO. The van der Waals surface area contributed by atoms with Gasteiger partial charge in [-0.05, 0) is 23.2 Å². The minimum absolute atomic E-state index is 0.0321. The second kappa shape index (κ2) is 6.47. The molecule has 126 valence electrons. The van der Waals surface area contributed by atoms with Crippen LogP contribution in [0.1, 0.15) is 29.7 Å². The van der Waals surface area contributed by atoms with E-state index in [2.05, 4.69) is 36.1 Å². The molecule has 4 rings (SSSR count). The highest BCUT2D eigenvalue weighted by molar-refractivity contribution is 5.44. The SMILES string of the molecule is CCN1[C@H](C(O)(c2ccccc2)c2ccccc2)[C@@H]1c1ccccc1. The highest BCUT2D eigenvalue weighted by atomic mass is 16.3. The van der Waals surface area contributed by atoms with Gasteiger partial charge in [0.05, 0.1) is 12.1 Å². The predicted octanol–water partition coefficient (Wildman–Crippen LogP) is 4.37. The molecule has 1 fully saturated rings. The molecule has 1 saturated heterocycles. The first-order chi connectivity index (χ1) is 12.3. The molecule has 0 aliphatic carbocycles. The van der Waals surface area contributed by atoms with Gasteiger partial charge in [-0.3, -0.25) is 4.90 Å². The van der Waals surface area contributed by atoms with Crippen molar-refractivity contribution >= 4 is 0 Å². The van der Waals surface area contributed by atoms with Crippen LogP contribution in [0.2, 0.25) is 0 Å². The first-order valence-corrected chi connectivity index (χ1v) is 8.91. The van der Waals surface area contributed by atoms with Crippen LogP contribution in [0, 0.1) is 0 Å². The molecule has 0 bridgehead atoms. The Morgan fingerprint density at radius 1 is 0.760 bits per heavy atom. The van der Waals surface area contributed by atoms with Crippen LogP contribution in [0.3, 0.4) is 0 Å². The van der Waals surface area contributed by atoms with Gasteiger partial charge in [-0.2, -0.15) is 0 Å². The molecule has 1 heterocycles. The van der Waals surface area contributed by atoms with E-state index in [1.807, 2.05) is 66.7 Å². The lowest BCUT2D eigenvalue weighted by Gasteiger charge is -2.30. The van der Waals surface area contributed by atoms with Crippen molar-refractivity contribution in [3.63, 3.8) is 0 Å². The summed E-state index contributed by atoms with van der Waals surface area (Å²) in [6.45, 7) is 3.07. The Balaban J connectivity index is 1.82. The molecule has 0 radical (unpaired) electrons. The topological polar surface area (TPSA) is 23.2 Å². The second-order valence-corrected chi connectivity index (χ2v) is 6.63. The molecule has 3 atom stereocenters. The Labute approximate surface area is 149 Å². The minimum atomic E-state index is -1.03. The Bertz CT molecular complexity index is 777. The minimum Gasteiger partial charge on any atom is -0.379 e. The normalized spacial score (nSPS) is 22.6. The summed E-state index contributed by atoms with van der Waals surface area (Å²) in [5, 5.41) is 12.0. The molecule has 0 spiro atoms. The van der Waals surface area contributed by atoms with Gasteiger partial charge < -0.3 is 5.11 Å². The molecule has 1 unspecified atom stereocenters. The van der Waals surface area contributed by atoms with Crippen molar-refractivity contribution in [3.05, 3.63) is 108 Å². The van der Waals surface area contributed by atoms with Crippen LogP contribution in [0.25, 0.3) is 0 Å². The van der Waals surface area contributed by atoms with Gasteiger partial charge in [-0.15, -0.1) is 0 Å². The number of hydrogen-bond donors (Lipinski definition) is 1. The monoisotopic (exact) mass is 329 g/mol. The zero-order valence-electron chi connectivity index (χ0n) is 14.4. The zero-order valence-corrected chi connectivity index (χ0v) is 14.4. The fourth-order valence-electron chi connectivity index (χ4n) is 4.05. The molecular weight excluding hydrogens is 306 g/mol. The summed E-state index contributed by atoms with van der Waals surface area (Å²) in [5.74, 6) is 0. The van der Waals surface area contributed by atoms with E-state index < -0.39 is 5.60 Å². The van der Waals surface area contributed by atoms with Gasteiger partial charge in [0.1, 0.15) is 5.60 Å². The van der Waals surface area contributed by atoms with Crippen LogP contribution < -0.4 is 0 Å². The van der Waals surface area contributed by atoms with Crippen LogP contribution in [0.5, 0.6) is 0 Å².